The third-order valence-corrected chi connectivity index (χ3v) is 6.29. The predicted molar refractivity (Wildman–Crippen MR) is 125 cm³/mol. The molecule has 174 valence electrons. The number of amides is 2. The SMILES string of the molecule is CCN(CC)CCNC(=O)N1CCC(C(Nc2ccc(F)cc2)c2ccc(F)cc2)CC1. The second-order valence-electron chi connectivity index (χ2n) is 8.26. The van der Waals surface area contributed by atoms with Gasteiger partial charge in [-0.1, -0.05) is 26.0 Å². The molecule has 0 saturated carbocycles. The summed E-state index contributed by atoms with van der Waals surface area (Å²) < 4.78 is 26.8. The second-order valence-corrected chi connectivity index (χ2v) is 8.26. The number of likely N-dealkylation sites (tertiary alicyclic amines) is 1. The van der Waals surface area contributed by atoms with Crippen LogP contribution in [0.3, 0.4) is 0 Å². The van der Waals surface area contributed by atoms with E-state index in [4.69, 9.17) is 0 Å². The van der Waals surface area contributed by atoms with Gasteiger partial charge in [0.05, 0.1) is 6.04 Å². The molecule has 0 aliphatic carbocycles. The molecule has 32 heavy (non-hydrogen) atoms. The van der Waals surface area contributed by atoms with Crippen molar-refractivity contribution in [3.63, 3.8) is 0 Å². The molecular formula is C25H34F2N4O. The molecule has 1 unspecified atom stereocenters. The number of carbonyl (C=O) groups excluding carboxylic acids is 1. The summed E-state index contributed by atoms with van der Waals surface area (Å²) in [6.45, 7) is 9.03. The Morgan fingerprint density at radius 3 is 2.12 bits per heavy atom. The van der Waals surface area contributed by atoms with Crippen molar-refractivity contribution in [1.82, 2.24) is 15.1 Å². The Morgan fingerprint density at radius 1 is 1.00 bits per heavy atom. The molecule has 1 heterocycles. The highest BCUT2D eigenvalue weighted by molar-refractivity contribution is 5.74. The van der Waals surface area contributed by atoms with E-state index >= 15 is 0 Å². The molecule has 0 spiro atoms. The maximum Gasteiger partial charge on any atom is 0.317 e. The zero-order valence-electron chi connectivity index (χ0n) is 19.0. The van der Waals surface area contributed by atoms with Gasteiger partial charge in [-0.25, -0.2) is 13.6 Å². The maximum absolute atomic E-state index is 13.5. The Balaban J connectivity index is 1.60. The standard InChI is InChI=1S/C25H34F2N4O/c1-3-30(4-2)18-15-28-25(32)31-16-13-20(14-17-31)24(19-5-7-21(26)8-6-19)29-23-11-9-22(27)10-12-23/h5-12,20,24,29H,3-4,13-18H2,1-2H3,(H,28,32). The van der Waals surface area contributed by atoms with Crippen LogP contribution in [0.25, 0.3) is 0 Å². The molecule has 1 aliphatic rings. The number of anilines is 1. The summed E-state index contributed by atoms with van der Waals surface area (Å²) in [4.78, 5) is 16.7. The molecule has 1 aliphatic heterocycles. The minimum Gasteiger partial charge on any atom is -0.378 e. The van der Waals surface area contributed by atoms with Crippen molar-refractivity contribution < 1.29 is 13.6 Å². The van der Waals surface area contributed by atoms with E-state index in [2.05, 4.69) is 29.4 Å². The van der Waals surface area contributed by atoms with Gasteiger partial charge in [-0.15, -0.1) is 0 Å². The minimum atomic E-state index is -0.283. The maximum atomic E-state index is 13.5. The summed E-state index contributed by atoms with van der Waals surface area (Å²) in [5, 5.41) is 6.53. The van der Waals surface area contributed by atoms with Crippen LogP contribution in [0.2, 0.25) is 0 Å². The van der Waals surface area contributed by atoms with Crippen LogP contribution in [0.5, 0.6) is 0 Å². The molecule has 1 saturated heterocycles. The van der Waals surface area contributed by atoms with Crippen LogP contribution in [0.4, 0.5) is 19.3 Å². The Bertz CT molecular complexity index is 832. The number of halogens is 2. The summed E-state index contributed by atoms with van der Waals surface area (Å²) in [6.07, 6.45) is 1.67. The Morgan fingerprint density at radius 2 is 1.56 bits per heavy atom. The minimum absolute atomic E-state index is 0.0135. The topological polar surface area (TPSA) is 47.6 Å². The largest absolute Gasteiger partial charge is 0.378 e. The van der Waals surface area contributed by atoms with E-state index in [0.29, 0.717) is 19.6 Å². The van der Waals surface area contributed by atoms with Crippen LogP contribution in [-0.2, 0) is 0 Å². The number of urea groups is 1. The number of nitrogens with one attached hydrogen (secondary N) is 2. The monoisotopic (exact) mass is 444 g/mol. The molecule has 2 aromatic rings. The first-order valence-electron chi connectivity index (χ1n) is 11.5. The van der Waals surface area contributed by atoms with Crippen LogP contribution in [0.15, 0.2) is 48.5 Å². The van der Waals surface area contributed by atoms with Crippen molar-refractivity contribution in [2.75, 3.05) is 44.6 Å². The van der Waals surface area contributed by atoms with Crippen molar-refractivity contribution in [2.24, 2.45) is 5.92 Å². The van der Waals surface area contributed by atoms with Gasteiger partial charge in [-0.2, -0.15) is 0 Å². The number of carbonyl (C=O) groups is 1. The lowest BCUT2D eigenvalue weighted by atomic mass is 9.85. The summed E-state index contributed by atoms with van der Waals surface area (Å²) in [7, 11) is 0. The molecule has 2 N–H and O–H groups in total. The molecule has 0 bridgehead atoms. The molecule has 0 radical (unpaired) electrons. The molecule has 1 fully saturated rings. The quantitative estimate of drug-likeness (QED) is 0.579. The van der Waals surface area contributed by atoms with Gasteiger partial charge in [-0.3, -0.25) is 0 Å². The molecule has 7 heteroatoms. The van der Waals surface area contributed by atoms with Crippen LogP contribution in [0.1, 0.15) is 38.3 Å². The van der Waals surface area contributed by atoms with E-state index in [9.17, 15) is 13.6 Å². The normalized spacial score (nSPS) is 15.6. The van der Waals surface area contributed by atoms with E-state index < -0.39 is 0 Å². The first-order chi connectivity index (χ1) is 15.5. The van der Waals surface area contributed by atoms with E-state index in [-0.39, 0.29) is 29.6 Å². The van der Waals surface area contributed by atoms with Crippen LogP contribution in [-0.4, -0.2) is 55.1 Å². The number of benzene rings is 2. The fraction of sp³-hybridized carbons (Fsp3) is 0.480. The molecule has 5 nitrogen and oxygen atoms in total. The summed E-state index contributed by atoms with van der Waals surface area (Å²) in [6, 6.07) is 12.7. The zero-order valence-corrected chi connectivity index (χ0v) is 19.0. The number of rotatable bonds is 9. The molecule has 3 rings (SSSR count). The smallest absolute Gasteiger partial charge is 0.317 e. The average molecular weight is 445 g/mol. The highest BCUT2D eigenvalue weighted by Gasteiger charge is 2.29. The van der Waals surface area contributed by atoms with Crippen LogP contribution >= 0.6 is 0 Å². The summed E-state index contributed by atoms with van der Waals surface area (Å²) in [5.41, 5.74) is 1.80. The number of piperidine rings is 1. The lowest BCUT2D eigenvalue weighted by Crippen LogP contribution is -2.47. The van der Waals surface area contributed by atoms with Gasteiger partial charge in [0, 0.05) is 31.9 Å². The van der Waals surface area contributed by atoms with Crippen LogP contribution < -0.4 is 10.6 Å². The Labute approximate surface area is 189 Å². The first kappa shape index (κ1) is 24.0. The van der Waals surface area contributed by atoms with E-state index in [1.165, 1.54) is 24.3 Å². The van der Waals surface area contributed by atoms with E-state index in [1.54, 1.807) is 24.3 Å². The number of nitrogens with zero attached hydrogens (tertiary/aromatic N) is 2. The van der Waals surface area contributed by atoms with E-state index in [0.717, 1.165) is 43.7 Å². The highest BCUT2D eigenvalue weighted by Crippen LogP contribution is 2.34. The Hall–Kier alpha value is -2.67. The van der Waals surface area contributed by atoms with Crippen molar-refractivity contribution in [3.8, 4) is 0 Å². The highest BCUT2D eigenvalue weighted by atomic mass is 19.1. The van der Waals surface area contributed by atoms with Crippen LogP contribution in [0, 0.1) is 17.6 Å². The fourth-order valence-corrected chi connectivity index (χ4v) is 4.28. The van der Waals surface area contributed by atoms with E-state index in [1.807, 2.05) is 4.90 Å². The number of hydrogen-bond donors (Lipinski definition) is 2. The van der Waals surface area contributed by atoms with Gasteiger partial charge < -0.3 is 20.4 Å². The van der Waals surface area contributed by atoms with Crippen molar-refractivity contribution >= 4 is 11.7 Å². The lowest BCUT2D eigenvalue weighted by molar-refractivity contribution is 0.163. The van der Waals surface area contributed by atoms with Crippen molar-refractivity contribution in [3.05, 3.63) is 65.7 Å². The van der Waals surface area contributed by atoms with Crippen molar-refractivity contribution in [2.45, 2.75) is 32.7 Å². The van der Waals surface area contributed by atoms with Gasteiger partial charge in [0.1, 0.15) is 11.6 Å². The first-order valence-corrected chi connectivity index (χ1v) is 11.5. The van der Waals surface area contributed by atoms with Gasteiger partial charge in [0.25, 0.3) is 0 Å². The summed E-state index contributed by atoms with van der Waals surface area (Å²) in [5.74, 6) is -0.287. The fourth-order valence-electron chi connectivity index (χ4n) is 4.28. The average Bonchev–Trinajstić information content (AvgIpc) is 2.82. The van der Waals surface area contributed by atoms with Gasteiger partial charge >= 0.3 is 6.03 Å². The Kier molecular flexibility index (Phi) is 8.85. The summed E-state index contributed by atoms with van der Waals surface area (Å²) >= 11 is 0. The third kappa shape index (κ3) is 6.66. The molecule has 2 amide bonds. The molecule has 1 atom stereocenters. The zero-order chi connectivity index (χ0) is 22.9. The van der Waals surface area contributed by atoms with Gasteiger partial charge in [0.2, 0.25) is 0 Å². The number of likely N-dealkylation sites (N-methyl/N-ethyl adjacent to an activating group) is 1. The molecule has 2 aromatic carbocycles. The number of hydrogen-bond acceptors (Lipinski definition) is 3. The van der Waals surface area contributed by atoms with Crippen molar-refractivity contribution in [1.29, 1.82) is 0 Å². The second kappa shape index (κ2) is 11.8. The molecular weight excluding hydrogens is 410 g/mol. The van der Waals surface area contributed by atoms with Gasteiger partial charge in [0.15, 0.2) is 0 Å². The van der Waals surface area contributed by atoms with Gasteiger partial charge in [-0.05, 0) is 73.8 Å². The third-order valence-electron chi connectivity index (χ3n) is 6.29. The molecule has 0 aromatic heterocycles. The predicted octanol–water partition coefficient (Wildman–Crippen LogP) is 4.88. The lowest BCUT2D eigenvalue weighted by Gasteiger charge is -2.37.